The van der Waals surface area contributed by atoms with Gasteiger partial charge in [-0.1, -0.05) is 37.8 Å². The van der Waals surface area contributed by atoms with Crippen LogP contribution in [0.15, 0.2) is 45.7 Å². The zero-order valence-corrected chi connectivity index (χ0v) is 16.1. The number of thioether (sulfide) groups is 1. The van der Waals surface area contributed by atoms with Gasteiger partial charge in [-0.05, 0) is 42.3 Å². The van der Waals surface area contributed by atoms with Crippen LogP contribution in [0.1, 0.15) is 19.6 Å². The van der Waals surface area contributed by atoms with E-state index in [1.165, 1.54) is 18.2 Å². The molecule has 0 saturated carbocycles. The van der Waals surface area contributed by atoms with Crippen LogP contribution >= 0.6 is 24.0 Å². The fourth-order valence-electron chi connectivity index (χ4n) is 2.74. The van der Waals surface area contributed by atoms with E-state index in [0.29, 0.717) is 22.0 Å². The number of thiocarbonyl (C=S) groups is 1. The molecule has 1 amide bonds. The Morgan fingerprint density at radius 2 is 1.93 bits per heavy atom. The van der Waals surface area contributed by atoms with Crippen LogP contribution < -0.4 is 0 Å². The predicted octanol–water partition coefficient (Wildman–Crippen LogP) is 4.40. The van der Waals surface area contributed by atoms with Crippen molar-refractivity contribution in [1.82, 2.24) is 4.90 Å². The molecule has 1 aromatic heterocycles. The molecule has 140 valence electrons. The van der Waals surface area contributed by atoms with Crippen LogP contribution in [-0.4, -0.2) is 32.2 Å². The highest BCUT2D eigenvalue weighted by molar-refractivity contribution is 8.26. The highest BCUT2D eigenvalue weighted by Gasteiger charge is 2.42. The molecule has 0 radical (unpaired) electrons. The van der Waals surface area contributed by atoms with Crippen LogP contribution in [-0.2, 0) is 9.59 Å². The number of amides is 1. The van der Waals surface area contributed by atoms with Gasteiger partial charge < -0.3 is 9.52 Å². The first-order valence-electron chi connectivity index (χ1n) is 8.13. The molecule has 2 heterocycles. The number of aliphatic carboxylic acids is 1. The Balaban J connectivity index is 1.86. The van der Waals surface area contributed by atoms with Gasteiger partial charge in [0.2, 0.25) is 0 Å². The van der Waals surface area contributed by atoms with E-state index in [0.717, 1.165) is 16.7 Å². The standard InChI is InChI=1S/C19H16FNO4S2/c1-10(2)16(18(23)24)21-17(22)15(27-19(21)26)9-13-7-8-14(25-13)11-3-5-12(20)6-4-11/h3-10,16H,1-2H3,(H,23,24)/b15-9-. The molecule has 0 aliphatic carbocycles. The molecular formula is C19H16FNO4S2. The number of hydrogen-bond acceptors (Lipinski definition) is 5. The molecule has 0 bridgehead atoms. The highest BCUT2D eigenvalue weighted by atomic mass is 32.2. The van der Waals surface area contributed by atoms with E-state index in [9.17, 15) is 19.1 Å². The third kappa shape index (κ3) is 3.96. The fraction of sp³-hybridized carbons (Fsp3) is 0.211. The van der Waals surface area contributed by atoms with Crippen LogP contribution in [0.3, 0.4) is 0 Å². The predicted molar refractivity (Wildman–Crippen MR) is 105 cm³/mol. The van der Waals surface area contributed by atoms with Gasteiger partial charge in [0.15, 0.2) is 0 Å². The Labute approximate surface area is 164 Å². The van der Waals surface area contributed by atoms with Crippen LogP contribution in [0.5, 0.6) is 0 Å². The molecule has 27 heavy (non-hydrogen) atoms. The number of hydrogen-bond donors (Lipinski definition) is 1. The zero-order chi connectivity index (χ0) is 19.7. The number of carbonyl (C=O) groups excluding carboxylic acids is 1. The smallest absolute Gasteiger partial charge is 0.327 e. The van der Waals surface area contributed by atoms with Gasteiger partial charge in [0.1, 0.15) is 27.7 Å². The number of furan rings is 1. The molecule has 1 aromatic carbocycles. The van der Waals surface area contributed by atoms with Gasteiger partial charge in [0.25, 0.3) is 5.91 Å². The van der Waals surface area contributed by atoms with Crippen LogP contribution in [0.4, 0.5) is 4.39 Å². The molecule has 1 aliphatic rings. The van der Waals surface area contributed by atoms with Crippen LogP contribution in [0, 0.1) is 11.7 Å². The van der Waals surface area contributed by atoms with Crippen molar-refractivity contribution >= 4 is 46.3 Å². The summed E-state index contributed by atoms with van der Waals surface area (Å²) in [6, 6.07) is 8.24. The van der Waals surface area contributed by atoms with E-state index in [1.54, 1.807) is 38.1 Å². The molecule has 1 fully saturated rings. The quantitative estimate of drug-likeness (QED) is 0.587. The highest BCUT2D eigenvalue weighted by Crippen LogP contribution is 2.36. The van der Waals surface area contributed by atoms with Gasteiger partial charge in [0.05, 0.1) is 4.91 Å². The first-order valence-corrected chi connectivity index (χ1v) is 9.36. The van der Waals surface area contributed by atoms with Gasteiger partial charge in [-0.25, -0.2) is 9.18 Å². The van der Waals surface area contributed by atoms with E-state index in [-0.39, 0.29) is 16.1 Å². The summed E-state index contributed by atoms with van der Waals surface area (Å²) in [5.74, 6) is -1.23. The van der Waals surface area contributed by atoms with Crippen molar-refractivity contribution in [2.75, 3.05) is 0 Å². The molecule has 3 rings (SSSR count). The lowest BCUT2D eigenvalue weighted by Gasteiger charge is -2.26. The molecular weight excluding hydrogens is 389 g/mol. The zero-order valence-electron chi connectivity index (χ0n) is 14.5. The number of halogens is 1. The van der Waals surface area contributed by atoms with Gasteiger partial charge in [-0.3, -0.25) is 9.69 Å². The van der Waals surface area contributed by atoms with Crippen molar-refractivity contribution in [1.29, 1.82) is 0 Å². The molecule has 0 spiro atoms. The van der Waals surface area contributed by atoms with E-state index >= 15 is 0 Å². The van der Waals surface area contributed by atoms with E-state index in [1.807, 2.05) is 0 Å². The maximum Gasteiger partial charge on any atom is 0.327 e. The Morgan fingerprint density at radius 3 is 2.52 bits per heavy atom. The van der Waals surface area contributed by atoms with Crippen molar-refractivity contribution in [3.63, 3.8) is 0 Å². The molecule has 1 saturated heterocycles. The van der Waals surface area contributed by atoms with E-state index in [2.05, 4.69) is 0 Å². The van der Waals surface area contributed by atoms with Crippen LogP contribution in [0.25, 0.3) is 17.4 Å². The van der Waals surface area contributed by atoms with Crippen molar-refractivity contribution in [2.45, 2.75) is 19.9 Å². The topological polar surface area (TPSA) is 70.8 Å². The summed E-state index contributed by atoms with van der Waals surface area (Å²) in [4.78, 5) is 25.7. The lowest BCUT2D eigenvalue weighted by Crippen LogP contribution is -2.47. The van der Waals surface area contributed by atoms with Crippen molar-refractivity contribution in [3.8, 4) is 11.3 Å². The second-order valence-electron chi connectivity index (χ2n) is 6.29. The van der Waals surface area contributed by atoms with E-state index in [4.69, 9.17) is 16.6 Å². The first-order chi connectivity index (χ1) is 12.8. The monoisotopic (exact) mass is 405 g/mol. The Morgan fingerprint density at radius 1 is 1.26 bits per heavy atom. The third-order valence-corrected chi connectivity index (χ3v) is 5.35. The number of carboxylic acid groups (broad SMARTS) is 1. The van der Waals surface area contributed by atoms with Crippen molar-refractivity contribution in [2.24, 2.45) is 5.92 Å². The summed E-state index contributed by atoms with van der Waals surface area (Å²) >= 11 is 6.26. The molecule has 5 nitrogen and oxygen atoms in total. The average molecular weight is 405 g/mol. The van der Waals surface area contributed by atoms with E-state index < -0.39 is 17.9 Å². The average Bonchev–Trinajstić information content (AvgIpc) is 3.16. The number of nitrogens with zero attached hydrogens (tertiary/aromatic N) is 1. The first kappa shape index (κ1) is 19.3. The fourth-order valence-corrected chi connectivity index (χ4v) is 4.05. The second kappa shape index (κ2) is 7.66. The number of carbonyl (C=O) groups is 2. The number of carboxylic acids is 1. The number of benzene rings is 1. The largest absolute Gasteiger partial charge is 0.480 e. The lowest BCUT2D eigenvalue weighted by molar-refractivity contribution is -0.146. The lowest BCUT2D eigenvalue weighted by atomic mass is 10.0. The molecule has 1 atom stereocenters. The number of rotatable bonds is 5. The Kier molecular flexibility index (Phi) is 5.48. The molecule has 1 N–H and O–H groups in total. The Bertz CT molecular complexity index is 933. The minimum absolute atomic E-state index is 0.206. The minimum atomic E-state index is -1.10. The SMILES string of the molecule is CC(C)C(C(=O)O)N1C(=O)/C(=C/c2ccc(-c3ccc(F)cc3)o2)SC1=S. The second-order valence-corrected chi connectivity index (χ2v) is 7.96. The molecule has 1 unspecified atom stereocenters. The van der Waals surface area contributed by atoms with Gasteiger partial charge in [-0.2, -0.15) is 0 Å². The summed E-state index contributed by atoms with van der Waals surface area (Å²) in [5.41, 5.74) is 0.703. The van der Waals surface area contributed by atoms with Gasteiger partial charge in [-0.15, -0.1) is 0 Å². The van der Waals surface area contributed by atoms with Gasteiger partial charge >= 0.3 is 5.97 Å². The Hall–Kier alpha value is -2.45. The van der Waals surface area contributed by atoms with Crippen molar-refractivity contribution in [3.05, 3.63) is 52.9 Å². The summed E-state index contributed by atoms with van der Waals surface area (Å²) in [6.45, 7) is 3.45. The minimum Gasteiger partial charge on any atom is -0.480 e. The van der Waals surface area contributed by atoms with Crippen LogP contribution in [0.2, 0.25) is 0 Å². The van der Waals surface area contributed by atoms with Gasteiger partial charge in [0, 0.05) is 11.6 Å². The third-order valence-electron chi connectivity index (χ3n) is 4.02. The molecule has 2 aromatic rings. The summed E-state index contributed by atoms with van der Waals surface area (Å²) in [7, 11) is 0. The molecule has 1 aliphatic heterocycles. The van der Waals surface area contributed by atoms with Crippen molar-refractivity contribution < 1.29 is 23.5 Å². The summed E-state index contributed by atoms with van der Waals surface area (Å²) in [6.07, 6.45) is 1.53. The summed E-state index contributed by atoms with van der Waals surface area (Å²) < 4.78 is 18.9. The normalized spacial score (nSPS) is 17.2. The summed E-state index contributed by atoms with van der Waals surface area (Å²) in [5, 5.41) is 9.44. The molecule has 8 heteroatoms. The maximum absolute atomic E-state index is 13.0. The maximum atomic E-state index is 13.0.